The van der Waals surface area contributed by atoms with Crippen molar-refractivity contribution in [1.82, 2.24) is 9.71 Å². The van der Waals surface area contributed by atoms with Crippen LogP contribution in [0.1, 0.15) is 26.7 Å². The fourth-order valence-corrected chi connectivity index (χ4v) is 3.51. The van der Waals surface area contributed by atoms with Gasteiger partial charge < -0.3 is 10.7 Å². The number of aromatic nitrogens is 1. The first-order chi connectivity index (χ1) is 9.47. The third kappa shape index (κ3) is 2.96. The first-order valence-electron chi connectivity index (χ1n) is 6.84. The molecule has 2 aromatic rings. The van der Waals surface area contributed by atoms with Gasteiger partial charge in [-0.1, -0.05) is 26.7 Å². The smallest absolute Gasteiger partial charge is 0.242 e. The molecule has 0 aliphatic carbocycles. The highest BCUT2D eigenvalue weighted by atomic mass is 32.2. The van der Waals surface area contributed by atoms with Gasteiger partial charge in [0.25, 0.3) is 0 Å². The summed E-state index contributed by atoms with van der Waals surface area (Å²) >= 11 is 0. The minimum absolute atomic E-state index is 0.276. The quantitative estimate of drug-likeness (QED) is 0.715. The number of nitrogens with one attached hydrogen (secondary N) is 2. The number of hydrogen-bond donors (Lipinski definition) is 3. The Bertz CT molecular complexity index is 688. The van der Waals surface area contributed by atoms with E-state index in [0.717, 1.165) is 18.4 Å². The number of sulfonamides is 1. The third-order valence-corrected chi connectivity index (χ3v) is 5.14. The normalized spacial score (nSPS) is 12.3. The van der Waals surface area contributed by atoms with Gasteiger partial charge in [-0.2, -0.15) is 0 Å². The molecule has 0 saturated heterocycles. The second-order valence-corrected chi connectivity index (χ2v) is 6.73. The summed E-state index contributed by atoms with van der Waals surface area (Å²) in [7, 11) is -3.49. The van der Waals surface area contributed by atoms with Crippen molar-refractivity contribution < 1.29 is 8.42 Å². The van der Waals surface area contributed by atoms with Crippen molar-refractivity contribution in [2.24, 2.45) is 5.92 Å². The number of nitrogens with two attached hydrogens (primary N) is 1. The fourth-order valence-electron chi connectivity index (χ4n) is 2.22. The molecule has 0 aliphatic rings. The van der Waals surface area contributed by atoms with Gasteiger partial charge >= 0.3 is 0 Å². The molecular weight excluding hydrogens is 274 g/mol. The van der Waals surface area contributed by atoms with Gasteiger partial charge in [-0.25, -0.2) is 13.1 Å². The van der Waals surface area contributed by atoms with Crippen LogP contribution in [0.25, 0.3) is 10.9 Å². The highest BCUT2D eigenvalue weighted by Crippen LogP contribution is 2.24. The van der Waals surface area contributed by atoms with Crippen molar-refractivity contribution in [2.45, 2.75) is 31.6 Å². The number of aromatic amines is 1. The Balaban J connectivity index is 2.28. The predicted octanol–water partition coefficient (Wildman–Crippen LogP) is 2.46. The largest absolute Gasteiger partial charge is 0.399 e. The molecule has 0 amide bonds. The Morgan fingerprint density at radius 2 is 2.00 bits per heavy atom. The summed E-state index contributed by atoms with van der Waals surface area (Å²) in [5, 5.41) is 0.663. The van der Waals surface area contributed by atoms with Crippen LogP contribution >= 0.6 is 0 Å². The molecule has 0 atom stereocenters. The third-order valence-electron chi connectivity index (χ3n) is 3.67. The molecule has 0 radical (unpaired) electrons. The van der Waals surface area contributed by atoms with Crippen LogP contribution in [0.15, 0.2) is 29.3 Å². The lowest BCUT2D eigenvalue weighted by Crippen LogP contribution is -2.28. The second-order valence-electron chi connectivity index (χ2n) is 4.99. The van der Waals surface area contributed by atoms with E-state index in [2.05, 4.69) is 23.6 Å². The topological polar surface area (TPSA) is 88.0 Å². The molecule has 0 spiro atoms. The molecule has 6 heteroatoms. The number of H-pyrrole nitrogens is 1. The van der Waals surface area contributed by atoms with Crippen LogP contribution in [0.3, 0.4) is 0 Å². The molecule has 1 heterocycles. The number of hydrogen-bond acceptors (Lipinski definition) is 3. The van der Waals surface area contributed by atoms with Crippen LogP contribution in [0, 0.1) is 5.92 Å². The van der Waals surface area contributed by atoms with Crippen molar-refractivity contribution in [1.29, 1.82) is 0 Å². The first-order valence-corrected chi connectivity index (χ1v) is 8.32. The van der Waals surface area contributed by atoms with E-state index in [0.29, 0.717) is 23.5 Å². The number of benzene rings is 1. The Kier molecular flexibility index (Phi) is 4.35. The number of nitrogen functional groups attached to an aromatic ring is 1. The Morgan fingerprint density at radius 1 is 1.30 bits per heavy atom. The molecule has 0 fully saturated rings. The summed E-state index contributed by atoms with van der Waals surface area (Å²) in [4.78, 5) is 3.23. The van der Waals surface area contributed by atoms with Crippen molar-refractivity contribution in [3.05, 3.63) is 24.4 Å². The Morgan fingerprint density at radius 3 is 2.65 bits per heavy atom. The zero-order valence-electron chi connectivity index (χ0n) is 11.8. The number of fused-ring (bicyclic) bond motifs is 1. The van der Waals surface area contributed by atoms with E-state index in [1.54, 1.807) is 18.2 Å². The van der Waals surface area contributed by atoms with E-state index >= 15 is 0 Å². The van der Waals surface area contributed by atoms with Crippen LogP contribution in [0.4, 0.5) is 5.69 Å². The second kappa shape index (κ2) is 5.85. The minimum Gasteiger partial charge on any atom is -0.399 e. The fraction of sp³-hybridized carbons (Fsp3) is 0.429. The lowest BCUT2D eigenvalue weighted by atomic mass is 10.0. The van der Waals surface area contributed by atoms with Gasteiger partial charge in [-0.15, -0.1) is 0 Å². The SMILES string of the molecule is CCC(CC)CNS(=O)(=O)c1c[nH]c2cc(N)ccc12. The molecule has 20 heavy (non-hydrogen) atoms. The summed E-state index contributed by atoms with van der Waals surface area (Å²) in [5.41, 5.74) is 7.03. The molecular formula is C14H21N3O2S. The van der Waals surface area contributed by atoms with E-state index in [4.69, 9.17) is 5.73 Å². The summed E-state index contributed by atoms with van der Waals surface area (Å²) in [6.45, 7) is 4.60. The molecule has 4 N–H and O–H groups in total. The lowest BCUT2D eigenvalue weighted by molar-refractivity contribution is 0.479. The average molecular weight is 295 g/mol. The van der Waals surface area contributed by atoms with Crippen LogP contribution in [0.2, 0.25) is 0 Å². The van der Waals surface area contributed by atoms with Crippen molar-refractivity contribution >= 4 is 26.6 Å². The first kappa shape index (κ1) is 14.9. The van der Waals surface area contributed by atoms with Crippen LogP contribution < -0.4 is 10.5 Å². The molecule has 5 nitrogen and oxygen atoms in total. The van der Waals surface area contributed by atoms with E-state index in [1.807, 2.05) is 0 Å². The van der Waals surface area contributed by atoms with Gasteiger partial charge in [0.15, 0.2) is 0 Å². The molecule has 0 saturated carbocycles. The molecule has 0 aliphatic heterocycles. The standard InChI is InChI=1S/C14H21N3O2S/c1-3-10(4-2)8-17-20(18,19)14-9-16-13-7-11(15)5-6-12(13)14/h5-7,9-10,16-17H,3-4,8,15H2,1-2H3. The van der Waals surface area contributed by atoms with Gasteiger partial charge in [-0.3, -0.25) is 0 Å². The number of anilines is 1. The van der Waals surface area contributed by atoms with Crippen molar-refractivity contribution in [3.8, 4) is 0 Å². The summed E-state index contributed by atoms with van der Waals surface area (Å²) < 4.78 is 27.4. The molecule has 0 bridgehead atoms. The number of rotatable bonds is 6. The summed E-state index contributed by atoms with van der Waals surface area (Å²) in [6, 6.07) is 5.16. The lowest BCUT2D eigenvalue weighted by Gasteiger charge is -2.13. The predicted molar refractivity (Wildman–Crippen MR) is 82.0 cm³/mol. The maximum Gasteiger partial charge on any atom is 0.242 e. The van der Waals surface area contributed by atoms with Crippen LogP contribution in [0.5, 0.6) is 0 Å². The van der Waals surface area contributed by atoms with E-state index in [9.17, 15) is 8.42 Å². The van der Waals surface area contributed by atoms with Crippen molar-refractivity contribution in [2.75, 3.05) is 12.3 Å². The molecule has 2 rings (SSSR count). The summed E-state index contributed by atoms with van der Waals surface area (Å²) in [5.74, 6) is 0.366. The van der Waals surface area contributed by atoms with Crippen molar-refractivity contribution in [3.63, 3.8) is 0 Å². The molecule has 1 aromatic heterocycles. The van der Waals surface area contributed by atoms with Gasteiger partial charge in [0.1, 0.15) is 4.90 Å². The zero-order valence-corrected chi connectivity index (χ0v) is 12.6. The maximum absolute atomic E-state index is 12.4. The molecule has 1 aromatic carbocycles. The maximum atomic E-state index is 12.4. The van der Waals surface area contributed by atoms with Gasteiger partial charge in [-0.05, 0) is 24.1 Å². The van der Waals surface area contributed by atoms with Crippen LogP contribution in [-0.2, 0) is 10.0 Å². The van der Waals surface area contributed by atoms with Gasteiger partial charge in [0.05, 0.1) is 0 Å². The summed E-state index contributed by atoms with van der Waals surface area (Å²) in [6.07, 6.45) is 3.44. The highest BCUT2D eigenvalue weighted by Gasteiger charge is 2.19. The Hall–Kier alpha value is -1.53. The molecule has 110 valence electrons. The van der Waals surface area contributed by atoms with Crippen LogP contribution in [-0.4, -0.2) is 19.9 Å². The van der Waals surface area contributed by atoms with Gasteiger partial charge in [0.2, 0.25) is 10.0 Å². The monoisotopic (exact) mass is 295 g/mol. The van der Waals surface area contributed by atoms with E-state index in [-0.39, 0.29) is 4.90 Å². The van der Waals surface area contributed by atoms with Gasteiger partial charge in [0, 0.05) is 29.3 Å². The Labute approximate surface area is 119 Å². The average Bonchev–Trinajstić information content (AvgIpc) is 2.83. The highest BCUT2D eigenvalue weighted by molar-refractivity contribution is 7.89. The van der Waals surface area contributed by atoms with E-state index < -0.39 is 10.0 Å². The minimum atomic E-state index is -3.49. The van der Waals surface area contributed by atoms with E-state index in [1.165, 1.54) is 6.20 Å². The molecule has 0 unspecified atom stereocenters. The zero-order chi connectivity index (χ0) is 14.8.